The Balaban J connectivity index is 2.42. The van der Waals surface area contributed by atoms with Crippen LogP contribution < -0.4 is 0 Å². The lowest BCUT2D eigenvalue weighted by molar-refractivity contribution is -0.140. The molecule has 1 aromatic rings. The number of aliphatic carboxylic acids is 1. The number of hydrogen-bond acceptors (Lipinski definition) is 4. The molecule has 2 unspecified atom stereocenters. The Kier molecular flexibility index (Phi) is 3.43. The number of hydrogen-bond donors (Lipinski definition) is 1. The number of carboxylic acids is 1. The number of carboxylic acid groups (broad SMARTS) is 1. The number of sulfonamides is 1. The summed E-state index contributed by atoms with van der Waals surface area (Å²) in [5, 5.41) is 8.73. The molecule has 1 saturated heterocycles. The van der Waals surface area contributed by atoms with Gasteiger partial charge in [-0.3, -0.25) is 4.79 Å². The Labute approximate surface area is 110 Å². The molecule has 2 rings (SSSR count). The fourth-order valence-corrected chi connectivity index (χ4v) is 5.27. The number of nitrogens with zero attached hydrogens (tertiary/aromatic N) is 2. The zero-order chi connectivity index (χ0) is 13.5. The molecule has 2 atom stereocenters. The van der Waals surface area contributed by atoms with Crippen LogP contribution in [-0.2, 0) is 21.9 Å². The second-order valence-corrected chi connectivity index (χ2v) is 7.33. The second kappa shape index (κ2) is 4.60. The van der Waals surface area contributed by atoms with Crippen molar-refractivity contribution in [1.29, 1.82) is 0 Å². The average molecular weight is 290 g/mol. The third-order valence-corrected chi connectivity index (χ3v) is 6.14. The first kappa shape index (κ1) is 13.4. The highest BCUT2D eigenvalue weighted by Gasteiger charge is 2.44. The summed E-state index contributed by atoms with van der Waals surface area (Å²) in [7, 11) is -2.03. The molecule has 1 fully saturated rings. The zero-order valence-corrected chi connectivity index (χ0v) is 11.6. The SMILES string of the molecule is CC1SCC(C(=O)O)N1S(=O)(=O)c1ccn(C)c1. The van der Waals surface area contributed by atoms with Gasteiger partial charge in [0.25, 0.3) is 0 Å². The Morgan fingerprint density at radius 3 is 2.72 bits per heavy atom. The largest absolute Gasteiger partial charge is 0.480 e. The van der Waals surface area contributed by atoms with Crippen molar-refractivity contribution in [2.75, 3.05) is 5.75 Å². The quantitative estimate of drug-likeness (QED) is 0.880. The van der Waals surface area contributed by atoms with Gasteiger partial charge < -0.3 is 9.67 Å². The van der Waals surface area contributed by atoms with Crippen molar-refractivity contribution in [3.05, 3.63) is 18.5 Å². The van der Waals surface area contributed by atoms with Gasteiger partial charge in [-0.05, 0) is 13.0 Å². The fraction of sp³-hybridized carbons (Fsp3) is 0.500. The molecule has 100 valence electrons. The van der Waals surface area contributed by atoms with Crippen molar-refractivity contribution in [2.45, 2.75) is 23.2 Å². The van der Waals surface area contributed by atoms with Crippen LogP contribution in [0.1, 0.15) is 6.92 Å². The van der Waals surface area contributed by atoms with Gasteiger partial charge >= 0.3 is 5.97 Å². The van der Waals surface area contributed by atoms with E-state index in [1.807, 2.05) is 0 Å². The third-order valence-electron chi connectivity index (χ3n) is 2.83. The first-order valence-corrected chi connectivity index (χ1v) is 7.83. The molecule has 0 spiro atoms. The monoisotopic (exact) mass is 290 g/mol. The highest BCUT2D eigenvalue weighted by molar-refractivity contribution is 8.01. The Bertz CT molecular complexity index is 566. The van der Waals surface area contributed by atoms with E-state index in [2.05, 4.69) is 0 Å². The lowest BCUT2D eigenvalue weighted by Gasteiger charge is -2.23. The summed E-state index contributed by atoms with van der Waals surface area (Å²) in [6.07, 6.45) is 3.10. The lowest BCUT2D eigenvalue weighted by atomic mass is 10.3. The number of aromatic nitrogens is 1. The molecule has 0 amide bonds. The maximum atomic E-state index is 12.4. The van der Waals surface area contributed by atoms with E-state index in [9.17, 15) is 13.2 Å². The molecule has 0 aliphatic carbocycles. The smallest absolute Gasteiger partial charge is 0.322 e. The number of aryl methyl sites for hydroxylation is 1. The summed E-state index contributed by atoms with van der Waals surface area (Å²) in [6, 6.07) is 0.486. The van der Waals surface area contributed by atoms with E-state index in [4.69, 9.17) is 5.11 Å². The lowest BCUT2D eigenvalue weighted by Crippen LogP contribution is -2.44. The Morgan fingerprint density at radius 2 is 2.22 bits per heavy atom. The minimum atomic E-state index is -3.75. The molecule has 0 radical (unpaired) electrons. The van der Waals surface area contributed by atoms with E-state index >= 15 is 0 Å². The van der Waals surface area contributed by atoms with Gasteiger partial charge in [0.15, 0.2) is 0 Å². The van der Waals surface area contributed by atoms with Gasteiger partial charge in [0.2, 0.25) is 10.0 Å². The molecule has 18 heavy (non-hydrogen) atoms. The summed E-state index contributed by atoms with van der Waals surface area (Å²) in [6.45, 7) is 1.70. The van der Waals surface area contributed by atoms with E-state index < -0.39 is 22.0 Å². The average Bonchev–Trinajstić information content (AvgIpc) is 2.84. The van der Waals surface area contributed by atoms with Crippen LogP contribution in [0, 0.1) is 0 Å². The van der Waals surface area contributed by atoms with Crippen LogP contribution in [0.3, 0.4) is 0 Å². The third kappa shape index (κ3) is 2.15. The minimum Gasteiger partial charge on any atom is -0.480 e. The first-order valence-electron chi connectivity index (χ1n) is 5.34. The standard InChI is InChI=1S/C10H14N2O4S2/c1-7-12(9(6-17-7)10(13)14)18(15,16)8-3-4-11(2)5-8/h3-5,7,9H,6H2,1-2H3,(H,13,14). The molecule has 2 heterocycles. The van der Waals surface area contributed by atoms with E-state index in [0.717, 1.165) is 4.31 Å². The van der Waals surface area contributed by atoms with Crippen molar-refractivity contribution < 1.29 is 18.3 Å². The van der Waals surface area contributed by atoms with Crippen LogP contribution in [-0.4, -0.2) is 45.5 Å². The van der Waals surface area contributed by atoms with Gasteiger partial charge in [-0.25, -0.2) is 8.42 Å². The molecule has 1 aliphatic heterocycles. The molecular formula is C10H14N2O4S2. The van der Waals surface area contributed by atoms with Gasteiger partial charge in [-0.15, -0.1) is 11.8 Å². The molecule has 1 aliphatic rings. The second-order valence-electron chi connectivity index (χ2n) is 4.13. The maximum absolute atomic E-state index is 12.4. The Hall–Kier alpha value is -0.990. The fourth-order valence-electron chi connectivity index (χ4n) is 1.93. The van der Waals surface area contributed by atoms with Crippen molar-refractivity contribution in [2.24, 2.45) is 7.05 Å². The van der Waals surface area contributed by atoms with Gasteiger partial charge in [0, 0.05) is 25.2 Å². The van der Waals surface area contributed by atoms with Gasteiger partial charge in [-0.1, -0.05) is 0 Å². The maximum Gasteiger partial charge on any atom is 0.322 e. The topological polar surface area (TPSA) is 79.6 Å². The van der Waals surface area contributed by atoms with Gasteiger partial charge in [0.05, 0.1) is 10.3 Å². The van der Waals surface area contributed by atoms with Crippen molar-refractivity contribution in [1.82, 2.24) is 8.87 Å². The molecule has 0 bridgehead atoms. The van der Waals surface area contributed by atoms with Crippen molar-refractivity contribution >= 4 is 27.8 Å². The summed E-state index contributed by atoms with van der Waals surface area (Å²) in [5.41, 5.74) is 0. The summed E-state index contributed by atoms with van der Waals surface area (Å²) < 4.78 is 27.5. The number of thioether (sulfide) groups is 1. The predicted molar refractivity (Wildman–Crippen MR) is 67.8 cm³/mol. The Morgan fingerprint density at radius 1 is 1.56 bits per heavy atom. The highest BCUT2D eigenvalue weighted by Crippen LogP contribution is 2.34. The van der Waals surface area contributed by atoms with Crippen LogP contribution >= 0.6 is 11.8 Å². The molecular weight excluding hydrogens is 276 g/mol. The van der Waals surface area contributed by atoms with E-state index in [0.29, 0.717) is 0 Å². The van der Waals surface area contributed by atoms with Crippen molar-refractivity contribution in [3.63, 3.8) is 0 Å². The number of rotatable bonds is 3. The van der Waals surface area contributed by atoms with Crippen LogP contribution in [0.2, 0.25) is 0 Å². The van der Waals surface area contributed by atoms with E-state index in [1.54, 1.807) is 24.7 Å². The van der Waals surface area contributed by atoms with Crippen LogP contribution in [0.25, 0.3) is 0 Å². The van der Waals surface area contributed by atoms with Gasteiger partial charge in [-0.2, -0.15) is 4.31 Å². The summed E-state index contributed by atoms with van der Waals surface area (Å²) >= 11 is 1.33. The molecule has 1 N–H and O–H groups in total. The predicted octanol–water partition coefficient (Wildman–Crippen LogP) is 0.562. The molecule has 0 aromatic carbocycles. The van der Waals surface area contributed by atoms with Crippen molar-refractivity contribution in [3.8, 4) is 0 Å². The van der Waals surface area contributed by atoms with E-state index in [-0.39, 0.29) is 16.0 Å². The van der Waals surface area contributed by atoms with Gasteiger partial charge in [0.1, 0.15) is 6.04 Å². The van der Waals surface area contributed by atoms with Crippen LogP contribution in [0.15, 0.2) is 23.4 Å². The first-order chi connectivity index (χ1) is 8.34. The van der Waals surface area contributed by atoms with Crippen LogP contribution in [0.5, 0.6) is 0 Å². The molecule has 0 saturated carbocycles. The number of carbonyl (C=O) groups is 1. The van der Waals surface area contributed by atoms with Crippen LogP contribution in [0.4, 0.5) is 0 Å². The molecule has 1 aromatic heterocycles. The molecule has 8 heteroatoms. The summed E-state index contributed by atoms with van der Waals surface area (Å²) in [5.74, 6) is -0.825. The summed E-state index contributed by atoms with van der Waals surface area (Å²) in [4.78, 5) is 11.2. The normalized spacial score (nSPS) is 25.4. The molecule has 6 nitrogen and oxygen atoms in total. The minimum absolute atomic E-state index is 0.130. The zero-order valence-electron chi connectivity index (χ0n) is 9.98. The highest BCUT2D eigenvalue weighted by atomic mass is 32.2. The van der Waals surface area contributed by atoms with E-state index in [1.165, 1.54) is 24.0 Å².